The van der Waals surface area contributed by atoms with Crippen LogP contribution in [0.3, 0.4) is 0 Å². The van der Waals surface area contributed by atoms with E-state index in [1.807, 2.05) is 0 Å². The number of nitrogens with one attached hydrogen (secondary N) is 2. The van der Waals surface area contributed by atoms with Crippen LogP contribution in [0.1, 0.15) is 64.2 Å². The normalized spacial score (nSPS) is 37.8. The summed E-state index contributed by atoms with van der Waals surface area (Å²) >= 11 is 0. The van der Waals surface area contributed by atoms with Gasteiger partial charge in [-0.05, 0) is 69.1 Å². The van der Waals surface area contributed by atoms with Crippen molar-refractivity contribution in [3.63, 3.8) is 0 Å². The molecular weight excluding hydrogens is 298 g/mol. The molecule has 5 nitrogen and oxygen atoms in total. The van der Waals surface area contributed by atoms with Crippen molar-refractivity contribution in [3.8, 4) is 0 Å². The lowest BCUT2D eigenvalue weighted by atomic mass is 9.53. The predicted octanol–water partition coefficient (Wildman–Crippen LogP) is 3.79. The highest BCUT2D eigenvalue weighted by Gasteiger charge is 2.51. The average Bonchev–Trinajstić information content (AvgIpc) is 3.03. The largest absolute Gasteiger partial charge is 0.393 e. The van der Waals surface area contributed by atoms with Crippen LogP contribution in [0.4, 0.5) is 17.3 Å². The Kier molecular flexibility index (Phi) is 3.39. The van der Waals surface area contributed by atoms with Gasteiger partial charge in [0.2, 0.25) is 0 Å². The molecule has 4 N–H and O–H groups in total. The Morgan fingerprint density at radius 3 is 2.12 bits per heavy atom. The third-order valence-electron chi connectivity index (χ3n) is 7.00. The molecule has 0 spiro atoms. The summed E-state index contributed by atoms with van der Waals surface area (Å²) in [5.41, 5.74) is 7.39. The van der Waals surface area contributed by atoms with Crippen LogP contribution in [0.5, 0.6) is 0 Å². The first-order valence-electron chi connectivity index (χ1n) is 9.84. The van der Waals surface area contributed by atoms with Gasteiger partial charge >= 0.3 is 0 Å². The highest BCUT2D eigenvalue weighted by atomic mass is 15.1. The second-order valence-corrected chi connectivity index (χ2v) is 8.93. The summed E-state index contributed by atoms with van der Waals surface area (Å²) in [4.78, 5) is 8.91. The van der Waals surface area contributed by atoms with Crippen LogP contribution in [0.2, 0.25) is 0 Å². The van der Waals surface area contributed by atoms with Crippen molar-refractivity contribution in [2.75, 3.05) is 16.4 Å². The SMILES string of the molecule is Nc1c(NC2CCCC2)ncnc1NC12CC3CC(CC(C3)C1)C2. The number of rotatable bonds is 4. The lowest BCUT2D eigenvalue weighted by Gasteiger charge is -2.57. The van der Waals surface area contributed by atoms with Crippen LogP contribution in [0.25, 0.3) is 0 Å². The zero-order valence-corrected chi connectivity index (χ0v) is 14.4. The number of nitrogens with zero attached hydrogens (tertiary/aromatic N) is 2. The summed E-state index contributed by atoms with van der Waals surface area (Å²) in [7, 11) is 0. The number of nitrogens with two attached hydrogens (primary N) is 1. The number of hydrogen-bond donors (Lipinski definition) is 3. The van der Waals surface area contributed by atoms with Gasteiger partial charge in [0.15, 0.2) is 11.6 Å². The van der Waals surface area contributed by atoms with E-state index >= 15 is 0 Å². The zero-order chi connectivity index (χ0) is 16.1. The monoisotopic (exact) mass is 327 g/mol. The van der Waals surface area contributed by atoms with Gasteiger partial charge in [0.1, 0.15) is 12.0 Å². The standard InChI is InChI=1S/C19H29N5/c20-16-17(23-15-3-1-2-4-15)21-11-22-18(16)24-19-8-12-5-13(9-19)7-14(6-12)10-19/h11-15H,1-10,20H2,(H2,21,22,23,24). The molecule has 5 saturated carbocycles. The molecule has 0 saturated heterocycles. The van der Waals surface area contributed by atoms with Crippen molar-refractivity contribution in [3.05, 3.63) is 6.33 Å². The fraction of sp³-hybridized carbons (Fsp3) is 0.789. The van der Waals surface area contributed by atoms with E-state index in [0.29, 0.717) is 11.7 Å². The van der Waals surface area contributed by atoms with E-state index < -0.39 is 0 Å². The average molecular weight is 327 g/mol. The van der Waals surface area contributed by atoms with Gasteiger partial charge in [-0.1, -0.05) is 12.8 Å². The highest BCUT2D eigenvalue weighted by Crippen LogP contribution is 2.56. The maximum absolute atomic E-state index is 6.44. The molecule has 4 bridgehead atoms. The quantitative estimate of drug-likeness (QED) is 0.784. The fourth-order valence-corrected chi connectivity index (χ4v) is 6.39. The molecule has 6 rings (SSSR count). The van der Waals surface area contributed by atoms with Gasteiger partial charge in [-0.2, -0.15) is 0 Å². The topological polar surface area (TPSA) is 75.9 Å². The Balaban J connectivity index is 1.37. The van der Waals surface area contributed by atoms with Crippen molar-refractivity contribution in [1.82, 2.24) is 9.97 Å². The van der Waals surface area contributed by atoms with Gasteiger partial charge in [-0.15, -0.1) is 0 Å². The lowest BCUT2D eigenvalue weighted by Crippen LogP contribution is -2.55. The van der Waals surface area contributed by atoms with Crippen LogP contribution < -0.4 is 16.4 Å². The summed E-state index contributed by atoms with van der Waals surface area (Å²) in [5.74, 6) is 4.44. The molecule has 1 heterocycles. The first-order chi connectivity index (χ1) is 11.7. The van der Waals surface area contributed by atoms with Crippen LogP contribution in [-0.4, -0.2) is 21.5 Å². The molecule has 5 aliphatic rings. The highest BCUT2D eigenvalue weighted by molar-refractivity contribution is 5.74. The molecule has 1 aromatic rings. The van der Waals surface area contributed by atoms with Gasteiger partial charge < -0.3 is 16.4 Å². The fourth-order valence-electron chi connectivity index (χ4n) is 6.39. The molecule has 1 aromatic heterocycles. The van der Waals surface area contributed by atoms with Crippen LogP contribution in [-0.2, 0) is 0 Å². The van der Waals surface area contributed by atoms with Crippen molar-refractivity contribution in [2.24, 2.45) is 17.8 Å². The number of anilines is 3. The number of nitrogen functional groups attached to an aromatic ring is 1. The minimum Gasteiger partial charge on any atom is -0.393 e. The van der Waals surface area contributed by atoms with Crippen LogP contribution >= 0.6 is 0 Å². The predicted molar refractivity (Wildman–Crippen MR) is 96.8 cm³/mol. The molecule has 5 aliphatic carbocycles. The third kappa shape index (κ3) is 2.52. The van der Waals surface area contributed by atoms with E-state index in [4.69, 9.17) is 5.73 Å². The maximum atomic E-state index is 6.44. The molecule has 5 fully saturated rings. The Morgan fingerprint density at radius 1 is 0.917 bits per heavy atom. The first-order valence-corrected chi connectivity index (χ1v) is 9.84. The number of aromatic nitrogens is 2. The summed E-state index contributed by atoms with van der Waals surface area (Å²) in [6.45, 7) is 0. The van der Waals surface area contributed by atoms with Crippen LogP contribution in [0, 0.1) is 17.8 Å². The maximum Gasteiger partial charge on any atom is 0.155 e. The Labute approximate surface area is 144 Å². The molecule has 0 aromatic carbocycles. The zero-order valence-electron chi connectivity index (χ0n) is 14.4. The smallest absolute Gasteiger partial charge is 0.155 e. The third-order valence-corrected chi connectivity index (χ3v) is 7.00. The van der Waals surface area contributed by atoms with Gasteiger partial charge in [0.25, 0.3) is 0 Å². The Bertz CT molecular complexity index is 587. The van der Waals surface area contributed by atoms with E-state index in [-0.39, 0.29) is 5.54 Å². The molecule has 130 valence electrons. The summed E-state index contributed by atoms with van der Waals surface area (Å²) in [6.07, 6.45) is 15.0. The van der Waals surface area contributed by atoms with Crippen molar-refractivity contribution in [2.45, 2.75) is 75.8 Å². The summed E-state index contributed by atoms with van der Waals surface area (Å²) in [5, 5.41) is 7.35. The van der Waals surface area contributed by atoms with Crippen LogP contribution in [0.15, 0.2) is 6.33 Å². The Hall–Kier alpha value is -1.52. The minimum absolute atomic E-state index is 0.238. The van der Waals surface area contributed by atoms with Crippen molar-refractivity contribution in [1.29, 1.82) is 0 Å². The molecule has 0 radical (unpaired) electrons. The van der Waals surface area contributed by atoms with Gasteiger partial charge in [-0.3, -0.25) is 0 Å². The second-order valence-electron chi connectivity index (χ2n) is 8.93. The molecule has 24 heavy (non-hydrogen) atoms. The van der Waals surface area contributed by atoms with E-state index in [1.54, 1.807) is 6.33 Å². The van der Waals surface area contributed by atoms with Gasteiger partial charge in [0, 0.05) is 11.6 Å². The first kappa shape index (κ1) is 14.8. The van der Waals surface area contributed by atoms with E-state index in [1.165, 1.54) is 64.2 Å². The van der Waals surface area contributed by atoms with E-state index in [0.717, 1.165) is 29.4 Å². The lowest BCUT2D eigenvalue weighted by molar-refractivity contribution is 0.0106. The second kappa shape index (κ2) is 5.50. The Morgan fingerprint density at radius 2 is 1.50 bits per heavy atom. The van der Waals surface area contributed by atoms with Gasteiger partial charge in [-0.25, -0.2) is 9.97 Å². The van der Waals surface area contributed by atoms with E-state index in [9.17, 15) is 0 Å². The molecule has 0 aliphatic heterocycles. The molecule has 0 amide bonds. The number of hydrogen-bond acceptors (Lipinski definition) is 5. The van der Waals surface area contributed by atoms with Crippen molar-refractivity contribution >= 4 is 17.3 Å². The van der Waals surface area contributed by atoms with Gasteiger partial charge in [0.05, 0.1) is 0 Å². The summed E-state index contributed by atoms with van der Waals surface area (Å²) in [6, 6.07) is 0.523. The van der Waals surface area contributed by atoms with E-state index in [2.05, 4.69) is 20.6 Å². The molecule has 5 heteroatoms. The summed E-state index contributed by atoms with van der Waals surface area (Å²) < 4.78 is 0. The van der Waals surface area contributed by atoms with Crippen molar-refractivity contribution < 1.29 is 0 Å². The minimum atomic E-state index is 0.238. The molecular formula is C19H29N5. The molecule has 0 unspecified atom stereocenters. The molecule has 0 atom stereocenters.